The van der Waals surface area contributed by atoms with Crippen LogP contribution in [0.5, 0.6) is 5.75 Å². The van der Waals surface area contributed by atoms with Gasteiger partial charge in [-0.1, -0.05) is 12.1 Å². The first-order valence-corrected chi connectivity index (χ1v) is 6.34. The first-order chi connectivity index (χ1) is 9.60. The number of aromatic carboxylic acids is 1. The maximum atomic E-state index is 10.8. The van der Waals surface area contributed by atoms with Gasteiger partial charge in [-0.25, -0.2) is 4.79 Å². The van der Waals surface area contributed by atoms with Gasteiger partial charge in [-0.05, 0) is 48.9 Å². The lowest BCUT2D eigenvalue weighted by Gasteiger charge is -2.16. The summed E-state index contributed by atoms with van der Waals surface area (Å²) in [4.78, 5) is 10.8. The van der Waals surface area contributed by atoms with Gasteiger partial charge in [-0.3, -0.25) is 0 Å². The molecule has 4 heteroatoms. The molecule has 0 fully saturated rings. The first-order valence-electron chi connectivity index (χ1n) is 6.34. The topological polar surface area (TPSA) is 58.6 Å². The summed E-state index contributed by atoms with van der Waals surface area (Å²) in [5, 5.41) is 12.2. The largest absolute Gasteiger partial charge is 0.497 e. The zero-order chi connectivity index (χ0) is 14.5. The van der Waals surface area contributed by atoms with Crippen LogP contribution >= 0.6 is 0 Å². The average Bonchev–Trinajstić information content (AvgIpc) is 2.48. The van der Waals surface area contributed by atoms with Gasteiger partial charge in [0.15, 0.2) is 0 Å². The molecule has 2 N–H and O–H groups in total. The average molecular weight is 271 g/mol. The molecule has 0 aromatic heterocycles. The third-order valence-electron chi connectivity index (χ3n) is 3.13. The van der Waals surface area contributed by atoms with Crippen molar-refractivity contribution in [2.24, 2.45) is 0 Å². The van der Waals surface area contributed by atoms with Gasteiger partial charge in [-0.2, -0.15) is 0 Å². The summed E-state index contributed by atoms with van der Waals surface area (Å²) in [6.45, 7) is 2.05. The summed E-state index contributed by atoms with van der Waals surface area (Å²) in [5.41, 5.74) is 2.30. The smallest absolute Gasteiger partial charge is 0.335 e. The van der Waals surface area contributed by atoms with E-state index in [-0.39, 0.29) is 11.6 Å². The maximum Gasteiger partial charge on any atom is 0.335 e. The third kappa shape index (κ3) is 3.29. The molecule has 0 aliphatic carbocycles. The van der Waals surface area contributed by atoms with Crippen LogP contribution in [0.2, 0.25) is 0 Å². The van der Waals surface area contributed by atoms with Crippen LogP contribution in [0.4, 0.5) is 5.69 Å². The Morgan fingerprint density at radius 3 is 2.20 bits per heavy atom. The Bertz CT molecular complexity index is 576. The number of hydrogen-bond acceptors (Lipinski definition) is 3. The molecule has 0 radical (unpaired) electrons. The van der Waals surface area contributed by atoms with E-state index in [1.165, 1.54) is 0 Å². The van der Waals surface area contributed by atoms with Crippen LogP contribution in [-0.4, -0.2) is 18.2 Å². The lowest BCUT2D eigenvalue weighted by molar-refractivity contribution is 0.0697. The second kappa shape index (κ2) is 6.10. The highest BCUT2D eigenvalue weighted by atomic mass is 16.5. The fourth-order valence-corrected chi connectivity index (χ4v) is 1.93. The van der Waals surface area contributed by atoms with Crippen LogP contribution < -0.4 is 10.1 Å². The number of benzene rings is 2. The van der Waals surface area contributed by atoms with Gasteiger partial charge in [0.1, 0.15) is 5.75 Å². The number of carboxylic acids is 1. The van der Waals surface area contributed by atoms with E-state index in [0.717, 1.165) is 17.0 Å². The van der Waals surface area contributed by atoms with Crippen molar-refractivity contribution >= 4 is 11.7 Å². The number of carbonyl (C=O) groups is 1. The predicted octanol–water partition coefficient (Wildman–Crippen LogP) is 3.57. The second-order valence-corrected chi connectivity index (χ2v) is 4.52. The van der Waals surface area contributed by atoms with E-state index < -0.39 is 5.97 Å². The molecule has 0 aliphatic heterocycles. The number of ether oxygens (including phenoxy) is 1. The van der Waals surface area contributed by atoms with E-state index in [4.69, 9.17) is 9.84 Å². The van der Waals surface area contributed by atoms with Crippen LogP contribution in [-0.2, 0) is 0 Å². The van der Waals surface area contributed by atoms with Gasteiger partial charge in [0.25, 0.3) is 0 Å². The molecular formula is C16H17NO3. The number of methoxy groups -OCH3 is 1. The van der Waals surface area contributed by atoms with Crippen LogP contribution in [0.3, 0.4) is 0 Å². The molecule has 1 atom stereocenters. The molecule has 0 bridgehead atoms. The zero-order valence-corrected chi connectivity index (χ0v) is 11.5. The molecule has 0 heterocycles. The molecular weight excluding hydrogens is 254 g/mol. The monoisotopic (exact) mass is 271 g/mol. The van der Waals surface area contributed by atoms with E-state index in [9.17, 15) is 4.79 Å². The van der Waals surface area contributed by atoms with Crippen LogP contribution in [0.25, 0.3) is 0 Å². The number of rotatable bonds is 5. The minimum atomic E-state index is -0.917. The van der Waals surface area contributed by atoms with Crippen molar-refractivity contribution in [2.75, 3.05) is 12.4 Å². The van der Waals surface area contributed by atoms with Crippen molar-refractivity contribution in [1.82, 2.24) is 0 Å². The Labute approximate surface area is 118 Å². The summed E-state index contributed by atoms with van der Waals surface area (Å²) in [7, 11) is 1.64. The summed E-state index contributed by atoms with van der Waals surface area (Å²) in [6, 6.07) is 14.7. The molecule has 4 nitrogen and oxygen atoms in total. The van der Waals surface area contributed by atoms with E-state index in [0.29, 0.717) is 0 Å². The van der Waals surface area contributed by atoms with Crippen molar-refractivity contribution in [1.29, 1.82) is 0 Å². The summed E-state index contributed by atoms with van der Waals surface area (Å²) in [6.07, 6.45) is 0. The SMILES string of the molecule is COc1ccc(C(C)Nc2ccc(C(=O)O)cc2)cc1. The minimum Gasteiger partial charge on any atom is -0.497 e. The fourth-order valence-electron chi connectivity index (χ4n) is 1.93. The van der Waals surface area contributed by atoms with Crippen LogP contribution in [0, 0.1) is 0 Å². The molecule has 1 unspecified atom stereocenters. The highest BCUT2D eigenvalue weighted by Gasteiger charge is 2.06. The highest BCUT2D eigenvalue weighted by Crippen LogP contribution is 2.21. The lowest BCUT2D eigenvalue weighted by atomic mass is 10.1. The zero-order valence-electron chi connectivity index (χ0n) is 11.5. The fraction of sp³-hybridized carbons (Fsp3) is 0.188. The Morgan fingerprint density at radius 1 is 1.10 bits per heavy atom. The predicted molar refractivity (Wildman–Crippen MR) is 78.4 cm³/mol. The van der Waals surface area contributed by atoms with E-state index in [1.54, 1.807) is 31.4 Å². The molecule has 0 aliphatic rings. The summed E-state index contributed by atoms with van der Waals surface area (Å²) >= 11 is 0. The Balaban J connectivity index is 2.06. The van der Waals surface area contributed by atoms with Gasteiger partial charge in [0.2, 0.25) is 0 Å². The van der Waals surface area contributed by atoms with Crippen LogP contribution in [0.1, 0.15) is 28.9 Å². The molecule has 0 saturated heterocycles. The van der Waals surface area contributed by atoms with Gasteiger partial charge < -0.3 is 15.2 Å². The second-order valence-electron chi connectivity index (χ2n) is 4.52. The van der Waals surface area contributed by atoms with Gasteiger partial charge in [0, 0.05) is 11.7 Å². The molecule has 2 aromatic rings. The highest BCUT2D eigenvalue weighted by molar-refractivity contribution is 5.88. The van der Waals surface area contributed by atoms with E-state index >= 15 is 0 Å². The summed E-state index contributed by atoms with van der Waals surface area (Å²) in [5.74, 6) is -0.0912. The molecule has 104 valence electrons. The lowest BCUT2D eigenvalue weighted by Crippen LogP contribution is -2.06. The van der Waals surface area contributed by atoms with Crippen molar-refractivity contribution in [3.8, 4) is 5.75 Å². The van der Waals surface area contributed by atoms with Crippen molar-refractivity contribution in [2.45, 2.75) is 13.0 Å². The maximum absolute atomic E-state index is 10.8. The normalized spacial score (nSPS) is 11.7. The van der Waals surface area contributed by atoms with Crippen molar-refractivity contribution in [3.63, 3.8) is 0 Å². The summed E-state index contributed by atoms with van der Waals surface area (Å²) < 4.78 is 5.13. The molecule has 20 heavy (non-hydrogen) atoms. The van der Waals surface area contributed by atoms with E-state index in [2.05, 4.69) is 5.32 Å². The van der Waals surface area contributed by atoms with Crippen LogP contribution in [0.15, 0.2) is 48.5 Å². The van der Waals surface area contributed by atoms with E-state index in [1.807, 2.05) is 31.2 Å². The minimum absolute atomic E-state index is 0.122. The molecule has 0 spiro atoms. The number of anilines is 1. The molecule has 0 amide bonds. The Morgan fingerprint density at radius 2 is 1.70 bits per heavy atom. The number of nitrogens with one attached hydrogen (secondary N) is 1. The van der Waals surface area contributed by atoms with Crippen molar-refractivity contribution in [3.05, 3.63) is 59.7 Å². The first kappa shape index (κ1) is 13.9. The molecule has 2 aromatic carbocycles. The standard InChI is InChI=1S/C16H17NO3/c1-11(12-5-9-15(20-2)10-6-12)17-14-7-3-13(4-8-14)16(18)19/h3-11,17H,1-2H3,(H,18,19). The Kier molecular flexibility index (Phi) is 4.25. The molecule has 0 saturated carbocycles. The quantitative estimate of drug-likeness (QED) is 0.872. The van der Waals surface area contributed by atoms with Gasteiger partial charge in [-0.15, -0.1) is 0 Å². The Hall–Kier alpha value is -2.49. The molecule has 2 rings (SSSR count). The van der Waals surface area contributed by atoms with Gasteiger partial charge >= 0.3 is 5.97 Å². The van der Waals surface area contributed by atoms with Gasteiger partial charge in [0.05, 0.1) is 12.7 Å². The third-order valence-corrected chi connectivity index (χ3v) is 3.13. The van der Waals surface area contributed by atoms with Crippen molar-refractivity contribution < 1.29 is 14.6 Å². The number of hydrogen-bond donors (Lipinski definition) is 2. The number of carboxylic acid groups (broad SMARTS) is 1.